The van der Waals surface area contributed by atoms with E-state index in [9.17, 15) is 18.8 Å². The van der Waals surface area contributed by atoms with E-state index in [-0.39, 0.29) is 34.2 Å². The van der Waals surface area contributed by atoms with Gasteiger partial charge in [0.1, 0.15) is 5.82 Å². The second-order valence-corrected chi connectivity index (χ2v) is 6.19. The zero-order valence-electron chi connectivity index (χ0n) is 14.1. The minimum absolute atomic E-state index is 0.0892. The normalized spacial score (nSPS) is 12.5. The van der Waals surface area contributed by atoms with Crippen molar-refractivity contribution in [2.24, 2.45) is 0 Å². The van der Waals surface area contributed by atoms with Crippen molar-refractivity contribution < 1.29 is 23.2 Å². The molecule has 1 amide bonds. The Morgan fingerprint density at radius 1 is 0.926 bits per heavy atom. The van der Waals surface area contributed by atoms with Crippen LogP contribution in [0.1, 0.15) is 48.2 Å². The second-order valence-electron chi connectivity index (χ2n) is 6.19. The van der Waals surface area contributed by atoms with E-state index in [0.29, 0.717) is 18.5 Å². The summed E-state index contributed by atoms with van der Waals surface area (Å²) >= 11 is 0. The van der Waals surface area contributed by atoms with Crippen molar-refractivity contribution in [3.05, 3.63) is 94.2 Å². The van der Waals surface area contributed by atoms with Gasteiger partial charge in [0, 0.05) is 23.7 Å². The fourth-order valence-corrected chi connectivity index (χ4v) is 3.05. The number of carbonyl (C=O) groups is 3. The highest BCUT2D eigenvalue weighted by Crippen LogP contribution is 2.29. The van der Waals surface area contributed by atoms with E-state index in [0.717, 1.165) is 5.56 Å². The summed E-state index contributed by atoms with van der Waals surface area (Å²) in [5, 5.41) is 2.67. The molecule has 1 aliphatic carbocycles. The molecule has 5 nitrogen and oxygen atoms in total. The lowest BCUT2D eigenvalue weighted by molar-refractivity contribution is 0.0914. The summed E-state index contributed by atoms with van der Waals surface area (Å²) in [6.45, 7) is 0.304. The lowest BCUT2D eigenvalue weighted by atomic mass is 9.89. The Balaban J connectivity index is 1.49. The van der Waals surface area contributed by atoms with Crippen LogP contribution in [-0.2, 0) is 6.42 Å². The molecule has 0 aliphatic heterocycles. The summed E-state index contributed by atoms with van der Waals surface area (Å²) in [4.78, 5) is 37.4. The van der Waals surface area contributed by atoms with Gasteiger partial charge >= 0.3 is 0 Å². The van der Waals surface area contributed by atoms with Gasteiger partial charge in [-0.1, -0.05) is 36.4 Å². The number of fused-ring (bicyclic) bond motifs is 2. The van der Waals surface area contributed by atoms with Gasteiger partial charge in [0.25, 0.3) is 5.91 Å². The van der Waals surface area contributed by atoms with Gasteiger partial charge in [0.15, 0.2) is 17.3 Å². The van der Waals surface area contributed by atoms with Crippen LogP contribution in [0, 0.1) is 5.82 Å². The molecule has 0 radical (unpaired) electrons. The molecular formula is C21H14FNO4. The van der Waals surface area contributed by atoms with E-state index >= 15 is 0 Å². The minimum Gasteiger partial charge on any atom is -0.447 e. The highest BCUT2D eigenvalue weighted by atomic mass is 19.1. The summed E-state index contributed by atoms with van der Waals surface area (Å²) in [6, 6.07) is 13.8. The number of carbonyl (C=O) groups excluding carboxylic acids is 3. The number of rotatable bonds is 4. The smallest absolute Gasteiger partial charge is 0.287 e. The average Bonchev–Trinajstić information content (AvgIpc) is 3.14. The number of hydrogen-bond acceptors (Lipinski definition) is 4. The van der Waals surface area contributed by atoms with E-state index in [2.05, 4.69) is 5.32 Å². The first-order valence-corrected chi connectivity index (χ1v) is 8.39. The topological polar surface area (TPSA) is 76.4 Å². The number of benzene rings is 2. The Hall–Kier alpha value is -3.54. The van der Waals surface area contributed by atoms with Crippen LogP contribution in [0.5, 0.6) is 0 Å². The number of ketones is 2. The average molecular weight is 363 g/mol. The van der Waals surface area contributed by atoms with Gasteiger partial charge in [-0.25, -0.2) is 4.39 Å². The van der Waals surface area contributed by atoms with Gasteiger partial charge in [0.05, 0.1) is 5.56 Å². The molecule has 134 valence electrons. The van der Waals surface area contributed by atoms with Crippen molar-refractivity contribution in [2.75, 3.05) is 6.54 Å². The SMILES string of the molecule is O=C(NCCc1ccc(F)cc1)c1cc2c(o1)C(=O)c1ccccc1C2=O. The lowest BCUT2D eigenvalue weighted by Crippen LogP contribution is -2.25. The van der Waals surface area contributed by atoms with Crippen LogP contribution in [0.15, 0.2) is 59.0 Å². The molecule has 0 spiro atoms. The third kappa shape index (κ3) is 3.06. The molecule has 1 aliphatic rings. The monoisotopic (exact) mass is 363 g/mol. The number of nitrogens with one attached hydrogen (secondary N) is 1. The van der Waals surface area contributed by atoms with Crippen LogP contribution in [0.3, 0.4) is 0 Å². The van der Waals surface area contributed by atoms with Crippen LogP contribution >= 0.6 is 0 Å². The zero-order valence-corrected chi connectivity index (χ0v) is 14.1. The predicted octanol–water partition coefficient (Wildman–Crippen LogP) is 3.17. The van der Waals surface area contributed by atoms with Gasteiger partial charge in [-0.15, -0.1) is 0 Å². The van der Waals surface area contributed by atoms with Crippen LogP contribution in [0.25, 0.3) is 0 Å². The molecule has 0 saturated carbocycles. The molecule has 0 fully saturated rings. The van der Waals surface area contributed by atoms with Crippen molar-refractivity contribution in [1.29, 1.82) is 0 Å². The third-order valence-electron chi connectivity index (χ3n) is 4.44. The first kappa shape index (κ1) is 16.9. The van der Waals surface area contributed by atoms with E-state index in [1.807, 2.05) is 0 Å². The number of amides is 1. The van der Waals surface area contributed by atoms with Crippen LogP contribution in [-0.4, -0.2) is 24.0 Å². The summed E-state index contributed by atoms with van der Waals surface area (Å²) in [7, 11) is 0. The lowest BCUT2D eigenvalue weighted by Gasteiger charge is -2.11. The molecule has 4 rings (SSSR count). The molecule has 1 aromatic heterocycles. The Labute approximate surface area is 153 Å². The Kier molecular flexibility index (Phi) is 4.16. The predicted molar refractivity (Wildman–Crippen MR) is 94.5 cm³/mol. The van der Waals surface area contributed by atoms with Crippen molar-refractivity contribution in [1.82, 2.24) is 5.32 Å². The van der Waals surface area contributed by atoms with E-state index in [1.165, 1.54) is 18.2 Å². The quantitative estimate of drug-likeness (QED) is 0.604. The first-order valence-electron chi connectivity index (χ1n) is 8.39. The van der Waals surface area contributed by atoms with Crippen molar-refractivity contribution in [3.63, 3.8) is 0 Å². The molecule has 2 aromatic carbocycles. The van der Waals surface area contributed by atoms with Gasteiger partial charge in [0.2, 0.25) is 5.78 Å². The van der Waals surface area contributed by atoms with Crippen molar-refractivity contribution in [3.8, 4) is 0 Å². The summed E-state index contributed by atoms with van der Waals surface area (Å²) < 4.78 is 18.3. The molecule has 0 atom stereocenters. The van der Waals surface area contributed by atoms with E-state index in [4.69, 9.17) is 4.42 Å². The number of halogens is 1. The maximum absolute atomic E-state index is 12.9. The second kappa shape index (κ2) is 6.64. The Bertz CT molecular complexity index is 1010. The highest BCUT2D eigenvalue weighted by molar-refractivity contribution is 6.27. The van der Waals surface area contributed by atoms with E-state index < -0.39 is 11.7 Å². The summed E-state index contributed by atoms with van der Waals surface area (Å²) in [5.41, 5.74) is 1.55. The first-order chi connectivity index (χ1) is 13.0. The zero-order chi connectivity index (χ0) is 19.0. The molecule has 6 heteroatoms. The molecule has 1 N–H and O–H groups in total. The van der Waals surface area contributed by atoms with Gasteiger partial charge in [-0.05, 0) is 24.1 Å². The molecule has 0 bridgehead atoms. The van der Waals surface area contributed by atoms with Crippen molar-refractivity contribution >= 4 is 17.5 Å². The Morgan fingerprint density at radius 3 is 2.30 bits per heavy atom. The van der Waals surface area contributed by atoms with Crippen molar-refractivity contribution in [2.45, 2.75) is 6.42 Å². The Morgan fingerprint density at radius 2 is 1.59 bits per heavy atom. The number of hydrogen-bond donors (Lipinski definition) is 1. The van der Waals surface area contributed by atoms with Crippen LogP contribution < -0.4 is 5.32 Å². The van der Waals surface area contributed by atoms with Crippen LogP contribution in [0.2, 0.25) is 0 Å². The molecule has 0 unspecified atom stereocenters. The van der Waals surface area contributed by atoms with Gasteiger partial charge in [-0.2, -0.15) is 0 Å². The molecule has 27 heavy (non-hydrogen) atoms. The molecular weight excluding hydrogens is 349 g/mol. The van der Waals surface area contributed by atoms with E-state index in [1.54, 1.807) is 36.4 Å². The molecule has 3 aromatic rings. The highest BCUT2D eigenvalue weighted by Gasteiger charge is 2.34. The molecule has 1 heterocycles. The van der Waals surface area contributed by atoms with Gasteiger partial charge in [-0.3, -0.25) is 14.4 Å². The fraction of sp³-hybridized carbons (Fsp3) is 0.0952. The summed E-state index contributed by atoms with van der Waals surface area (Å²) in [6.07, 6.45) is 0.510. The third-order valence-corrected chi connectivity index (χ3v) is 4.44. The maximum atomic E-state index is 12.9. The fourth-order valence-electron chi connectivity index (χ4n) is 3.05. The standard InChI is InChI=1S/C21H14FNO4/c22-13-7-5-12(6-8-13)9-10-23-21(26)17-11-16-18(24)14-3-1-2-4-15(14)19(25)20(16)27-17/h1-8,11H,9-10H2,(H,23,26). The number of furan rings is 1. The molecule has 0 saturated heterocycles. The van der Waals surface area contributed by atoms with Gasteiger partial charge < -0.3 is 9.73 Å². The largest absolute Gasteiger partial charge is 0.447 e. The maximum Gasteiger partial charge on any atom is 0.287 e. The summed E-state index contributed by atoms with van der Waals surface area (Å²) in [5.74, 6) is -1.79. The van der Waals surface area contributed by atoms with Crippen LogP contribution in [0.4, 0.5) is 4.39 Å². The minimum atomic E-state index is -0.517.